The first-order chi connectivity index (χ1) is 10.5. The lowest BCUT2D eigenvalue weighted by Gasteiger charge is -2.14. The topological polar surface area (TPSA) is 44.5 Å². The third-order valence-corrected chi connectivity index (χ3v) is 3.93. The van der Waals surface area contributed by atoms with E-state index >= 15 is 0 Å². The highest BCUT2D eigenvalue weighted by Crippen LogP contribution is 2.25. The van der Waals surface area contributed by atoms with Crippen molar-refractivity contribution >= 4 is 5.69 Å². The number of ether oxygens (including phenoxy) is 2. The fourth-order valence-corrected chi connectivity index (χ4v) is 2.28. The van der Waals surface area contributed by atoms with E-state index < -0.39 is 0 Å². The average Bonchev–Trinajstić information content (AvgIpc) is 2.49. The van der Waals surface area contributed by atoms with Crippen LogP contribution in [0, 0.1) is 27.7 Å². The second kappa shape index (κ2) is 7.21. The average molecular weight is 299 g/mol. The Morgan fingerprint density at radius 2 is 1.45 bits per heavy atom. The van der Waals surface area contributed by atoms with Crippen molar-refractivity contribution in [3.8, 4) is 11.5 Å². The summed E-state index contributed by atoms with van der Waals surface area (Å²) in [6.07, 6.45) is 0.834. The fourth-order valence-electron chi connectivity index (χ4n) is 2.28. The molecule has 3 nitrogen and oxygen atoms in total. The van der Waals surface area contributed by atoms with E-state index in [1.807, 2.05) is 25.1 Å². The van der Waals surface area contributed by atoms with E-state index in [-0.39, 0.29) is 0 Å². The van der Waals surface area contributed by atoms with Crippen molar-refractivity contribution < 1.29 is 9.47 Å². The maximum atomic E-state index is 5.92. The SMILES string of the molecule is Cc1ccc(OCCCOc2c(C)ccc(C)c2C)cc1N. The lowest BCUT2D eigenvalue weighted by Crippen LogP contribution is -2.07. The molecular weight excluding hydrogens is 274 g/mol. The Hall–Kier alpha value is -2.16. The molecule has 2 aromatic carbocycles. The van der Waals surface area contributed by atoms with E-state index in [1.54, 1.807) is 0 Å². The molecule has 0 aliphatic rings. The lowest BCUT2D eigenvalue weighted by atomic mass is 10.1. The van der Waals surface area contributed by atoms with Crippen LogP contribution < -0.4 is 15.2 Å². The number of anilines is 1. The van der Waals surface area contributed by atoms with Gasteiger partial charge in [-0.3, -0.25) is 0 Å². The van der Waals surface area contributed by atoms with Crippen LogP contribution in [0.1, 0.15) is 28.7 Å². The van der Waals surface area contributed by atoms with Crippen molar-refractivity contribution in [3.05, 3.63) is 52.6 Å². The molecule has 0 bridgehead atoms. The van der Waals surface area contributed by atoms with Crippen LogP contribution in [0.5, 0.6) is 11.5 Å². The second-order valence-electron chi connectivity index (χ2n) is 5.72. The number of benzene rings is 2. The van der Waals surface area contributed by atoms with Crippen molar-refractivity contribution in [2.75, 3.05) is 18.9 Å². The zero-order chi connectivity index (χ0) is 16.1. The second-order valence-corrected chi connectivity index (χ2v) is 5.72. The predicted molar refractivity (Wildman–Crippen MR) is 91.9 cm³/mol. The molecule has 0 fully saturated rings. The van der Waals surface area contributed by atoms with Crippen LogP contribution in [0.15, 0.2) is 30.3 Å². The van der Waals surface area contributed by atoms with Crippen molar-refractivity contribution in [3.63, 3.8) is 0 Å². The molecule has 0 radical (unpaired) electrons. The molecule has 22 heavy (non-hydrogen) atoms. The minimum Gasteiger partial charge on any atom is -0.493 e. The number of nitrogens with two attached hydrogens (primary N) is 1. The molecule has 2 rings (SSSR count). The molecular formula is C19H25NO2. The van der Waals surface area contributed by atoms with Crippen molar-refractivity contribution in [1.82, 2.24) is 0 Å². The highest BCUT2D eigenvalue weighted by molar-refractivity contribution is 5.50. The van der Waals surface area contributed by atoms with Crippen LogP contribution in [-0.4, -0.2) is 13.2 Å². The summed E-state index contributed by atoms with van der Waals surface area (Å²) in [6, 6.07) is 10.0. The van der Waals surface area contributed by atoms with Crippen LogP contribution in [0.25, 0.3) is 0 Å². The maximum absolute atomic E-state index is 5.92. The molecule has 0 atom stereocenters. The Kier molecular flexibility index (Phi) is 5.31. The summed E-state index contributed by atoms with van der Waals surface area (Å²) >= 11 is 0. The van der Waals surface area contributed by atoms with Crippen molar-refractivity contribution in [1.29, 1.82) is 0 Å². The number of hydrogen-bond acceptors (Lipinski definition) is 3. The molecule has 118 valence electrons. The van der Waals surface area contributed by atoms with Gasteiger partial charge in [0.25, 0.3) is 0 Å². The van der Waals surface area contributed by atoms with Crippen LogP contribution in [0.4, 0.5) is 5.69 Å². The Bertz CT molecular complexity index is 650. The number of nitrogen functional groups attached to an aromatic ring is 1. The van der Waals surface area contributed by atoms with Gasteiger partial charge in [-0.2, -0.15) is 0 Å². The molecule has 0 unspecified atom stereocenters. The van der Waals surface area contributed by atoms with Gasteiger partial charge in [-0.05, 0) is 56.0 Å². The highest BCUT2D eigenvalue weighted by atomic mass is 16.5. The molecule has 0 aliphatic heterocycles. The predicted octanol–water partition coefficient (Wildman–Crippen LogP) is 4.35. The van der Waals surface area contributed by atoms with Gasteiger partial charge in [0.15, 0.2) is 0 Å². The summed E-state index contributed by atoms with van der Waals surface area (Å²) in [5.74, 6) is 1.81. The van der Waals surface area contributed by atoms with Gasteiger partial charge >= 0.3 is 0 Å². The smallest absolute Gasteiger partial charge is 0.125 e. The Labute approximate surface area is 133 Å². The summed E-state index contributed by atoms with van der Waals surface area (Å²) in [4.78, 5) is 0. The number of aryl methyl sites for hydroxylation is 3. The third-order valence-electron chi connectivity index (χ3n) is 3.93. The standard InChI is InChI=1S/C19H25NO2/c1-13-6-7-15(3)19(16(13)4)22-11-5-10-21-17-9-8-14(2)18(20)12-17/h6-9,12H,5,10-11,20H2,1-4H3. The monoisotopic (exact) mass is 299 g/mol. The first kappa shape index (κ1) is 16.2. The first-order valence-electron chi connectivity index (χ1n) is 7.67. The summed E-state index contributed by atoms with van der Waals surface area (Å²) in [7, 11) is 0. The molecule has 0 saturated carbocycles. The molecule has 0 heterocycles. The third kappa shape index (κ3) is 3.94. The molecule has 0 aliphatic carbocycles. The summed E-state index contributed by atoms with van der Waals surface area (Å²) in [5.41, 5.74) is 11.4. The molecule has 0 aromatic heterocycles. The minimum atomic E-state index is 0.617. The highest BCUT2D eigenvalue weighted by Gasteiger charge is 2.06. The normalized spacial score (nSPS) is 10.5. The zero-order valence-electron chi connectivity index (χ0n) is 13.9. The van der Waals surface area contributed by atoms with Gasteiger partial charge in [0.05, 0.1) is 13.2 Å². The Balaban J connectivity index is 1.80. The van der Waals surface area contributed by atoms with Gasteiger partial charge in [0.1, 0.15) is 11.5 Å². The van der Waals surface area contributed by atoms with E-state index in [0.29, 0.717) is 13.2 Å². The van der Waals surface area contributed by atoms with Crippen LogP contribution in [-0.2, 0) is 0 Å². The van der Waals surface area contributed by atoms with E-state index in [9.17, 15) is 0 Å². The largest absolute Gasteiger partial charge is 0.493 e. The van der Waals surface area contributed by atoms with Crippen LogP contribution in [0.2, 0.25) is 0 Å². The summed E-state index contributed by atoms with van der Waals surface area (Å²) in [5, 5.41) is 0. The molecule has 0 spiro atoms. The Morgan fingerprint density at radius 1 is 0.818 bits per heavy atom. The van der Waals surface area contributed by atoms with Gasteiger partial charge in [-0.15, -0.1) is 0 Å². The quantitative estimate of drug-likeness (QED) is 0.637. The van der Waals surface area contributed by atoms with Crippen LogP contribution >= 0.6 is 0 Å². The van der Waals surface area contributed by atoms with E-state index in [2.05, 4.69) is 32.9 Å². The van der Waals surface area contributed by atoms with Gasteiger partial charge in [0, 0.05) is 18.2 Å². The number of hydrogen-bond donors (Lipinski definition) is 1. The van der Waals surface area contributed by atoms with Crippen molar-refractivity contribution in [2.45, 2.75) is 34.1 Å². The molecule has 3 heteroatoms. The van der Waals surface area contributed by atoms with Gasteiger partial charge < -0.3 is 15.2 Å². The first-order valence-corrected chi connectivity index (χ1v) is 7.67. The van der Waals surface area contributed by atoms with E-state index in [4.69, 9.17) is 15.2 Å². The number of rotatable bonds is 6. The zero-order valence-corrected chi connectivity index (χ0v) is 13.9. The maximum Gasteiger partial charge on any atom is 0.125 e. The van der Waals surface area contributed by atoms with Gasteiger partial charge in [-0.1, -0.05) is 18.2 Å². The molecule has 0 saturated heterocycles. The minimum absolute atomic E-state index is 0.617. The van der Waals surface area contributed by atoms with Crippen molar-refractivity contribution in [2.24, 2.45) is 0 Å². The van der Waals surface area contributed by atoms with Gasteiger partial charge in [0.2, 0.25) is 0 Å². The summed E-state index contributed by atoms with van der Waals surface area (Å²) in [6.45, 7) is 9.53. The van der Waals surface area contributed by atoms with E-state index in [0.717, 1.165) is 29.2 Å². The van der Waals surface area contributed by atoms with E-state index in [1.165, 1.54) is 16.7 Å². The summed E-state index contributed by atoms with van der Waals surface area (Å²) < 4.78 is 11.6. The van der Waals surface area contributed by atoms with Gasteiger partial charge in [-0.25, -0.2) is 0 Å². The fraction of sp³-hybridized carbons (Fsp3) is 0.368. The molecule has 0 amide bonds. The lowest BCUT2D eigenvalue weighted by molar-refractivity contribution is 0.245. The molecule has 2 aromatic rings. The van der Waals surface area contributed by atoms with Crippen LogP contribution in [0.3, 0.4) is 0 Å². The molecule has 2 N–H and O–H groups in total. The Morgan fingerprint density at radius 3 is 2.18 bits per heavy atom.